The summed E-state index contributed by atoms with van der Waals surface area (Å²) in [4.78, 5) is 3.20. The molecule has 0 spiro atoms. The Morgan fingerprint density at radius 1 is 1.30 bits per heavy atom. The molecule has 0 atom stereocenters. The molecule has 1 aromatic rings. The molecule has 0 aliphatic carbocycles. The third kappa shape index (κ3) is 3.88. The van der Waals surface area contributed by atoms with Crippen LogP contribution >= 0.6 is 0 Å². The maximum Gasteiger partial charge on any atom is 2.00 e. The van der Waals surface area contributed by atoms with E-state index in [9.17, 15) is 0 Å². The van der Waals surface area contributed by atoms with Crippen LogP contribution in [0.2, 0.25) is 0 Å². The van der Waals surface area contributed by atoms with Gasteiger partial charge in [-0.3, -0.25) is 4.85 Å². The van der Waals surface area contributed by atoms with Crippen molar-refractivity contribution < 1.29 is 17.0 Å². The summed E-state index contributed by atoms with van der Waals surface area (Å²) in [5.74, 6) is 0. The number of halogens is 1. The minimum Gasteiger partial charge on any atom is -1.00 e. The van der Waals surface area contributed by atoms with Crippen LogP contribution in [0.1, 0.15) is 0 Å². The van der Waals surface area contributed by atoms with Gasteiger partial charge in [-0.25, -0.2) is 0 Å². The molecule has 46 valence electrons. The van der Waals surface area contributed by atoms with E-state index in [-0.39, 0.29) is 40.0 Å². The van der Waals surface area contributed by atoms with Gasteiger partial charge in [0.15, 0.2) is 0 Å². The number of hydrogen-bond acceptors (Lipinski definition) is 0. The third-order valence-electron chi connectivity index (χ3n) is 0.830. The molecule has 0 aliphatic rings. The molecule has 0 aromatic heterocycles. The van der Waals surface area contributed by atoms with Crippen LogP contribution in [0.5, 0.6) is 0 Å². The molecule has 0 bridgehead atoms. The predicted molar refractivity (Wildman–Crippen MR) is 37.3 cm³/mol. The first-order valence-electron chi connectivity index (χ1n) is 2.27. The Balaban J connectivity index is 0. The molecular weight excluding hydrogens is 202 g/mol. The quantitative estimate of drug-likeness (QED) is 0.366. The van der Waals surface area contributed by atoms with Crippen molar-refractivity contribution in [2.75, 3.05) is 0 Å². The van der Waals surface area contributed by atoms with Crippen molar-refractivity contribution in [3.05, 3.63) is 41.7 Å². The second-order valence-corrected chi connectivity index (χ2v) is 1.37. The predicted octanol–water partition coefficient (Wildman–Crippen LogP) is -1.34. The average Bonchev–Trinajstić information content (AvgIpc) is 1.90. The molecule has 0 unspecified atom stereocenters. The van der Waals surface area contributed by atoms with Crippen molar-refractivity contribution in [2.45, 2.75) is 0 Å². The van der Waals surface area contributed by atoms with Gasteiger partial charge in [0.2, 0.25) is 0 Å². The molecular formula is C7H4BrMgN. The van der Waals surface area contributed by atoms with Crippen molar-refractivity contribution >= 4 is 28.7 Å². The van der Waals surface area contributed by atoms with Gasteiger partial charge in [0.1, 0.15) is 0 Å². The van der Waals surface area contributed by atoms with E-state index < -0.39 is 0 Å². The molecule has 0 heterocycles. The zero-order chi connectivity index (χ0) is 5.82. The van der Waals surface area contributed by atoms with Crippen LogP contribution in [0, 0.1) is 12.6 Å². The van der Waals surface area contributed by atoms with Crippen molar-refractivity contribution in [1.29, 1.82) is 0 Å². The van der Waals surface area contributed by atoms with Crippen molar-refractivity contribution in [3.63, 3.8) is 0 Å². The van der Waals surface area contributed by atoms with E-state index in [4.69, 9.17) is 6.57 Å². The molecule has 3 heteroatoms. The second-order valence-electron chi connectivity index (χ2n) is 1.37. The summed E-state index contributed by atoms with van der Waals surface area (Å²) in [6.45, 7) is 6.55. The second kappa shape index (κ2) is 7.07. The summed E-state index contributed by atoms with van der Waals surface area (Å²) >= 11 is 0. The van der Waals surface area contributed by atoms with Gasteiger partial charge in [-0.15, -0.1) is 0 Å². The average molecular weight is 206 g/mol. The molecule has 0 N–H and O–H groups in total. The molecule has 1 aromatic carbocycles. The van der Waals surface area contributed by atoms with Crippen molar-refractivity contribution in [1.82, 2.24) is 0 Å². The van der Waals surface area contributed by atoms with Crippen LogP contribution in [0.4, 0.5) is 5.69 Å². The standard InChI is InChI=1S/C7H4N.BrH.Mg/c1-8-7-5-3-2-4-6-7;;/h3-6H;1H;/q-1;;+2/p-1. The molecule has 0 saturated heterocycles. The fourth-order valence-corrected chi connectivity index (χ4v) is 0.453. The smallest absolute Gasteiger partial charge is 1.00 e. The van der Waals surface area contributed by atoms with Crippen molar-refractivity contribution in [2.24, 2.45) is 0 Å². The zero-order valence-electron chi connectivity index (χ0n) is 5.34. The number of hydrogen-bond donors (Lipinski definition) is 0. The van der Waals surface area contributed by atoms with E-state index in [1.807, 2.05) is 0 Å². The molecule has 1 nitrogen and oxygen atoms in total. The van der Waals surface area contributed by atoms with E-state index in [2.05, 4.69) is 10.9 Å². The van der Waals surface area contributed by atoms with E-state index in [1.54, 1.807) is 24.3 Å². The van der Waals surface area contributed by atoms with Crippen LogP contribution in [0.25, 0.3) is 4.85 Å². The van der Waals surface area contributed by atoms with E-state index in [1.165, 1.54) is 0 Å². The van der Waals surface area contributed by atoms with Crippen LogP contribution in [-0.4, -0.2) is 23.1 Å². The Bertz CT molecular complexity index is 205. The third-order valence-corrected chi connectivity index (χ3v) is 0.830. The first-order chi connectivity index (χ1) is 3.93. The molecule has 0 amide bonds. The van der Waals surface area contributed by atoms with Crippen LogP contribution in [0.3, 0.4) is 0 Å². The summed E-state index contributed by atoms with van der Waals surface area (Å²) in [6.07, 6.45) is 0. The summed E-state index contributed by atoms with van der Waals surface area (Å²) in [5.41, 5.74) is 0.670. The normalized spacial score (nSPS) is 6.30. The van der Waals surface area contributed by atoms with E-state index in [0.29, 0.717) is 5.69 Å². The molecule has 0 fully saturated rings. The topological polar surface area (TPSA) is 4.36 Å². The Hall–Kier alpha value is -0.0438. The molecule has 0 saturated carbocycles. The van der Waals surface area contributed by atoms with E-state index >= 15 is 0 Å². The number of rotatable bonds is 0. The monoisotopic (exact) mass is 205 g/mol. The maximum atomic E-state index is 6.55. The Morgan fingerprint density at radius 3 is 2.10 bits per heavy atom. The van der Waals surface area contributed by atoms with Gasteiger partial charge in [-0.1, -0.05) is 0 Å². The van der Waals surface area contributed by atoms with Gasteiger partial charge in [0.05, 0.1) is 12.3 Å². The summed E-state index contributed by atoms with van der Waals surface area (Å²) in [7, 11) is 0. The molecule has 0 radical (unpaired) electrons. The fourth-order valence-electron chi connectivity index (χ4n) is 0.453. The Kier molecular flexibility index (Phi) is 8.92. The Labute approximate surface area is 87.2 Å². The van der Waals surface area contributed by atoms with Gasteiger partial charge in [-0.05, 0) is 0 Å². The van der Waals surface area contributed by atoms with E-state index in [0.717, 1.165) is 0 Å². The first-order valence-corrected chi connectivity index (χ1v) is 2.27. The largest absolute Gasteiger partial charge is 2.00 e. The summed E-state index contributed by atoms with van der Waals surface area (Å²) in [6, 6.07) is 9.74. The molecule has 10 heavy (non-hydrogen) atoms. The van der Waals surface area contributed by atoms with Gasteiger partial charge in [-0.2, -0.15) is 30.3 Å². The van der Waals surface area contributed by atoms with Gasteiger partial charge in [0, 0.05) is 0 Å². The maximum absolute atomic E-state index is 6.55. The van der Waals surface area contributed by atoms with Crippen LogP contribution in [-0.2, 0) is 0 Å². The van der Waals surface area contributed by atoms with Crippen LogP contribution < -0.4 is 17.0 Å². The minimum atomic E-state index is 0. The van der Waals surface area contributed by atoms with Crippen LogP contribution in [0.15, 0.2) is 24.3 Å². The van der Waals surface area contributed by atoms with Gasteiger partial charge < -0.3 is 17.0 Å². The number of nitrogens with zero attached hydrogens (tertiary/aromatic N) is 1. The first kappa shape index (κ1) is 12.6. The summed E-state index contributed by atoms with van der Waals surface area (Å²) < 4.78 is 0. The Morgan fingerprint density at radius 2 is 1.80 bits per heavy atom. The van der Waals surface area contributed by atoms with Gasteiger partial charge in [0.25, 0.3) is 0 Å². The molecule has 1 rings (SSSR count). The minimum absolute atomic E-state index is 0. The molecule has 0 aliphatic heterocycles. The summed E-state index contributed by atoms with van der Waals surface area (Å²) in [5, 5.41) is 0. The fraction of sp³-hybridized carbons (Fsp3) is 0. The zero-order valence-corrected chi connectivity index (χ0v) is 8.34. The van der Waals surface area contributed by atoms with Gasteiger partial charge >= 0.3 is 23.1 Å². The number of benzene rings is 1. The van der Waals surface area contributed by atoms with Crippen molar-refractivity contribution in [3.8, 4) is 0 Å². The SMILES string of the molecule is [Br-].[C-]#[N+]c1cc[c-]cc1.[Mg+2].